The summed E-state index contributed by atoms with van der Waals surface area (Å²) < 4.78 is 0. The van der Waals surface area contributed by atoms with Gasteiger partial charge in [0.15, 0.2) is 0 Å². The third-order valence-electron chi connectivity index (χ3n) is 4.21. The lowest BCUT2D eigenvalue weighted by molar-refractivity contribution is -0.143. The Morgan fingerprint density at radius 2 is 1.28 bits per heavy atom. The Hall–Kier alpha value is -3.30. The van der Waals surface area contributed by atoms with Crippen LogP contribution >= 0.6 is 0 Å². The number of nitrogens with one attached hydrogen (secondary N) is 3. The minimum atomic E-state index is -1.66. The average molecular weight is 463 g/mol. The summed E-state index contributed by atoms with van der Waals surface area (Å²) in [6, 6.07) is -6.09. The molecule has 0 aliphatic carbocycles. The van der Waals surface area contributed by atoms with Gasteiger partial charge in [-0.2, -0.15) is 0 Å². The van der Waals surface area contributed by atoms with E-state index in [-0.39, 0.29) is 12.8 Å². The van der Waals surface area contributed by atoms with Crippen LogP contribution in [-0.2, 0) is 28.8 Å². The normalized spacial score (nSPS) is 15.4. The fourth-order valence-electron chi connectivity index (χ4n) is 2.31. The van der Waals surface area contributed by atoms with E-state index in [9.17, 15) is 39.0 Å². The Kier molecular flexibility index (Phi) is 12.5. The van der Waals surface area contributed by atoms with Crippen molar-refractivity contribution < 1.29 is 49.2 Å². The van der Waals surface area contributed by atoms with Crippen LogP contribution in [-0.4, -0.2) is 92.9 Å². The maximum Gasteiger partial charge on any atom is 0.326 e. The summed E-state index contributed by atoms with van der Waals surface area (Å²) in [4.78, 5) is 69.7. The number of carbonyl (C=O) groups is 6. The van der Waals surface area contributed by atoms with Gasteiger partial charge in [-0.25, -0.2) is 4.79 Å². The minimum absolute atomic E-state index is 0.296. The first-order chi connectivity index (χ1) is 14.8. The highest BCUT2D eigenvalue weighted by atomic mass is 16.4. The molecule has 0 spiro atoms. The molecule has 0 aliphatic rings. The summed E-state index contributed by atoms with van der Waals surface area (Å²) in [6.07, 6.45) is -2.90. The zero-order valence-electron chi connectivity index (χ0n) is 17.3. The predicted molar refractivity (Wildman–Crippen MR) is 105 cm³/mol. The molecule has 0 bridgehead atoms. The van der Waals surface area contributed by atoms with Crippen molar-refractivity contribution in [1.82, 2.24) is 16.0 Å². The Morgan fingerprint density at radius 1 is 0.812 bits per heavy atom. The Bertz CT molecular complexity index is 714. The Labute approximate surface area is 182 Å². The van der Waals surface area contributed by atoms with Crippen LogP contribution in [0.5, 0.6) is 0 Å². The Balaban J connectivity index is 5.30. The summed E-state index contributed by atoms with van der Waals surface area (Å²) in [6.45, 7) is 0.268. The number of hydrogen-bond acceptors (Lipinski definition) is 9. The van der Waals surface area contributed by atoms with E-state index < -0.39 is 85.3 Å². The second-order valence-corrected chi connectivity index (χ2v) is 6.91. The van der Waals surface area contributed by atoms with Crippen molar-refractivity contribution in [3.05, 3.63) is 0 Å². The highest BCUT2D eigenvalue weighted by Gasteiger charge is 2.31. The topological polar surface area (TPSA) is 271 Å². The first-order valence-corrected chi connectivity index (χ1v) is 9.48. The fraction of sp³-hybridized carbons (Fsp3) is 0.647. The fourth-order valence-corrected chi connectivity index (χ4v) is 2.31. The van der Waals surface area contributed by atoms with Gasteiger partial charge in [-0.3, -0.25) is 24.0 Å². The first-order valence-electron chi connectivity index (χ1n) is 9.48. The number of rotatable bonds is 15. The van der Waals surface area contributed by atoms with Crippen molar-refractivity contribution in [2.45, 2.75) is 62.9 Å². The molecule has 0 aliphatic heterocycles. The molecule has 5 atom stereocenters. The van der Waals surface area contributed by atoms with E-state index in [1.165, 1.54) is 6.92 Å². The Morgan fingerprint density at radius 3 is 1.72 bits per heavy atom. The molecule has 4 amide bonds. The van der Waals surface area contributed by atoms with Crippen molar-refractivity contribution in [1.29, 1.82) is 0 Å². The molecule has 0 aromatic rings. The average Bonchev–Trinajstić information content (AvgIpc) is 2.70. The highest BCUT2D eigenvalue weighted by molar-refractivity contribution is 5.94. The first kappa shape index (κ1) is 28.7. The summed E-state index contributed by atoms with van der Waals surface area (Å²) in [5, 5.41) is 42.9. The van der Waals surface area contributed by atoms with E-state index >= 15 is 0 Å². The summed E-state index contributed by atoms with van der Waals surface area (Å²) in [7, 11) is 0. The molecule has 0 rings (SSSR count). The largest absolute Gasteiger partial charge is 0.481 e. The van der Waals surface area contributed by atoms with E-state index in [2.05, 4.69) is 10.6 Å². The third-order valence-corrected chi connectivity index (χ3v) is 4.21. The SMILES string of the molecule is CC(O)C(N)C(=O)NC(CCC(N)=O)C(=O)NC(CO)C(=O)NC(CCC(=O)O)C(=O)O. The van der Waals surface area contributed by atoms with Crippen molar-refractivity contribution >= 4 is 35.6 Å². The van der Waals surface area contributed by atoms with Crippen LogP contribution in [0, 0.1) is 0 Å². The number of aliphatic hydroxyl groups is 2. The van der Waals surface area contributed by atoms with Gasteiger partial charge in [-0.05, 0) is 19.8 Å². The van der Waals surface area contributed by atoms with Gasteiger partial charge in [-0.15, -0.1) is 0 Å². The molecule has 0 fully saturated rings. The van der Waals surface area contributed by atoms with Gasteiger partial charge in [0.25, 0.3) is 0 Å². The van der Waals surface area contributed by atoms with Gasteiger partial charge < -0.3 is 47.8 Å². The number of primary amides is 1. The minimum Gasteiger partial charge on any atom is -0.481 e. The number of hydrogen-bond donors (Lipinski definition) is 9. The molecule has 182 valence electrons. The number of amides is 4. The highest BCUT2D eigenvalue weighted by Crippen LogP contribution is 2.02. The van der Waals surface area contributed by atoms with E-state index in [1.54, 1.807) is 0 Å². The number of carboxylic acid groups (broad SMARTS) is 2. The van der Waals surface area contributed by atoms with Crippen molar-refractivity contribution in [2.75, 3.05) is 6.61 Å². The van der Waals surface area contributed by atoms with Crippen molar-refractivity contribution in [3.8, 4) is 0 Å². The quantitative estimate of drug-likeness (QED) is 0.111. The van der Waals surface area contributed by atoms with Crippen LogP contribution in [0.15, 0.2) is 0 Å². The molecule has 0 aromatic heterocycles. The van der Waals surface area contributed by atoms with Crippen LogP contribution in [0.2, 0.25) is 0 Å². The van der Waals surface area contributed by atoms with E-state index in [0.717, 1.165) is 0 Å². The third kappa shape index (κ3) is 10.6. The van der Waals surface area contributed by atoms with Crippen molar-refractivity contribution in [2.24, 2.45) is 11.5 Å². The molecule has 0 saturated heterocycles. The number of nitrogens with two attached hydrogens (primary N) is 2. The monoisotopic (exact) mass is 463 g/mol. The van der Waals surface area contributed by atoms with Crippen LogP contribution in [0.25, 0.3) is 0 Å². The molecule has 15 nitrogen and oxygen atoms in total. The molecule has 32 heavy (non-hydrogen) atoms. The number of carbonyl (C=O) groups excluding carboxylic acids is 4. The molecule has 0 heterocycles. The molecule has 0 radical (unpaired) electrons. The van der Waals surface area contributed by atoms with Crippen LogP contribution < -0.4 is 27.4 Å². The molecular formula is C17H29N5O10. The second kappa shape index (κ2) is 13.9. The molecular weight excluding hydrogens is 434 g/mol. The van der Waals surface area contributed by atoms with Gasteiger partial charge in [0.2, 0.25) is 23.6 Å². The summed E-state index contributed by atoms with van der Waals surface area (Å²) >= 11 is 0. The van der Waals surface area contributed by atoms with Crippen molar-refractivity contribution in [3.63, 3.8) is 0 Å². The zero-order chi connectivity index (χ0) is 25.0. The molecule has 11 N–H and O–H groups in total. The lowest BCUT2D eigenvalue weighted by atomic mass is 10.1. The van der Waals surface area contributed by atoms with Crippen LogP contribution in [0.3, 0.4) is 0 Å². The van der Waals surface area contributed by atoms with Crippen LogP contribution in [0.4, 0.5) is 0 Å². The van der Waals surface area contributed by atoms with E-state index in [0.29, 0.717) is 0 Å². The lowest BCUT2D eigenvalue weighted by Gasteiger charge is -2.24. The lowest BCUT2D eigenvalue weighted by Crippen LogP contribution is -2.59. The predicted octanol–water partition coefficient (Wildman–Crippen LogP) is -4.64. The van der Waals surface area contributed by atoms with Gasteiger partial charge in [0.1, 0.15) is 24.2 Å². The maximum atomic E-state index is 12.5. The smallest absolute Gasteiger partial charge is 0.326 e. The number of carboxylic acids is 2. The zero-order valence-corrected chi connectivity index (χ0v) is 17.3. The summed E-state index contributed by atoms with van der Waals surface area (Å²) in [5.74, 6) is -6.70. The standard InChI is InChI=1S/C17H29N5O10/c1-7(24)13(19)16(30)20-8(2-4-11(18)25)14(28)22-10(6-23)15(29)21-9(17(31)32)3-5-12(26)27/h7-10,13,23-24H,2-6,19H2,1H3,(H2,18,25)(H,20,30)(H,21,29)(H,22,28)(H,26,27)(H,31,32). The summed E-state index contributed by atoms with van der Waals surface area (Å²) in [5.41, 5.74) is 10.5. The van der Waals surface area contributed by atoms with E-state index in [4.69, 9.17) is 21.7 Å². The second-order valence-electron chi connectivity index (χ2n) is 6.91. The van der Waals surface area contributed by atoms with Gasteiger partial charge in [0, 0.05) is 12.8 Å². The van der Waals surface area contributed by atoms with Crippen LogP contribution in [0.1, 0.15) is 32.6 Å². The number of aliphatic hydroxyl groups excluding tert-OH is 2. The maximum absolute atomic E-state index is 12.5. The van der Waals surface area contributed by atoms with Gasteiger partial charge in [0.05, 0.1) is 12.7 Å². The molecule has 0 aromatic carbocycles. The molecule has 0 saturated carbocycles. The van der Waals surface area contributed by atoms with Gasteiger partial charge in [-0.1, -0.05) is 0 Å². The molecule has 15 heteroatoms. The molecule has 5 unspecified atom stereocenters. The number of aliphatic carboxylic acids is 2. The van der Waals surface area contributed by atoms with Gasteiger partial charge >= 0.3 is 11.9 Å². The van der Waals surface area contributed by atoms with E-state index in [1.807, 2.05) is 5.32 Å².